The van der Waals surface area contributed by atoms with Gasteiger partial charge < -0.3 is 9.72 Å². The van der Waals surface area contributed by atoms with Crippen molar-refractivity contribution < 1.29 is 22.7 Å². The number of hydrogen-bond acceptors (Lipinski definition) is 2. The first-order valence-corrected chi connectivity index (χ1v) is 6.74. The van der Waals surface area contributed by atoms with E-state index in [0.717, 1.165) is 6.42 Å². The normalized spacial score (nSPS) is 11.8. The number of alkyl halides is 3. The molecule has 1 N–H and O–H groups in total. The Labute approximate surface area is 120 Å². The zero-order valence-corrected chi connectivity index (χ0v) is 11.6. The molecule has 0 spiro atoms. The topological polar surface area (TPSA) is 42.1 Å². The van der Waals surface area contributed by atoms with Gasteiger partial charge in [-0.15, -0.1) is 0 Å². The van der Waals surface area contributed by atoms with Gasteiger partial charge in [0.15, 0.2) is 5.78 Å². The fourth-order valence-corrected chi connectivity index (χ4v) is 2.03. The SMILES string of the molecule is CCCOc1ccc2[nH]cc(C(=O)CCC(F)(F)F)c2c1. The summed E-state index contributed by atoms with van der Waals surface area (Å²) in [5.74, 6) is 0.0834. The maximum atomic E-state index is 12.2. The van der Waals surface area contributed by atoms with Crippen LogP contribution in [0.25, 0.3) is 10.9 Å². The second-order valence-corrected chi connectivity index (χ2v) is 4.80. The number of Topliss-reactive ketones (excluding diaryl/α,β-unsaturated/α-hetero) is 1. The molecule has 6 heteroatoms. The van der Waals surface area contributed by atoms with Crippen LogP contribution in [-0.4, -0.2) is 23.6 Å². The second kappa shape index (κ2) is 6.20. The number of benzene rings is 1. The van der Waals surface area contributed by atoms with Crippen LogP contribution < -0.4 is 4.74 Å². The lowest BCUT2D eigenvalue weighted by Crippen LogP contribution is -2.10. The molecular weight excluding hydrogens is 283 g/mol. The van der Waals surface area contributed by atoms with Crippen molar-refractivity contribution in [2.24, 2.45) is 0 Å². The number of aromatic amines is 1. The number of H-pyrrole nitrogens is 1. The molecule has 0 radical (unpaired) electrons. The molecule has 21 heavy (non-hydrogen) atoms. The largest absolute Gasteiger partial charge is 0.494 e. The van der Waals surface area contributed by atoms with Crippen molar-refractivity contribution in [3.63, 3.8) is 0 Å². The minimum Gasteiger partial charge on any atom is -0.494 e. The molecule has 0 atom stereocenters. The molecule has 0 unspecified atom stereocenters. The van der Waals surface area contributed by atoms with Crippen molar-refractivity contribution in [2.45, 2.75) is 32.4 Å². The molecule has 0 aliphatic heterocycles. The van der Waals surface area contributed by atoms with Gasteiger partial charge in [0.2, 0.25) is 0 Å². The first kappa shape index (κ1) is 15.4. The number of hydrogen-bond donors (Lipinski definition) is 1. The van der Waals surface area contributed by atoms with Crippen molar-refractivity contribution >= 4 is 16.7 Å². The van der Waals surface area contributed by atoms with E-state index in [4.69, 9.17) is 4.74 Å². The summed E-state index contributed by atoms with van der Waals surface area (Å²) < 4.78 is 42.1. The van der Waals surface area contributed by atoms with Crippen molar-refractivity contribution in [1.29, 1.82) is 0 Å². The number of halogens is 3. The Morgan fingerprint density at radius 2 is 2.10 bits per heavy atom. The number of carbonyl (C=O) groups is 1. The van der Waals surface area contributed by atoms with Gasteiger partial charge in [-0.05, 0) is 24.6 Å². The predicted octanol–water partition coefficient (Wildman–Crippen LogP) is 4.48. The number of fused-ring (bicyclic) bond motifs is 1. The Kier molecular flexibility index (Phi) is 4.55. The maximum absolute atomic E-state index is 12.2. The van der Waals surface area contributed by atoms with Crippen LogP contribution >= 0.6 is 0 Å². The molecule has 3 nitrogen and oxygen atoms in total. The molecule has 0 bridgehead atoms. The number of nitrogens with one attached hydrogen (secondary N) is 1. The number of carbonyl (C=O) groups excluding carboxylic acids is 1. The molecule has 1 heterocycles. The van der Waals surface area contributed by atoms with E-state index in [1.54, 1.807) is 18.2 Å². The summed E-state index contributed by atoms with van der Waals surface area (Å²) >= 11 is 0. The van der Waals surface area contributed by atoms with Crippen LogP contribution in [0.5, 0.6) is 5.75 Å². The number of ketones is 1. The van der Waals surface area contributed by atoms with E-state index in [1.165, 1.54) is 6.20 Å². The van der Waals surface area contributed by atoms with Crippen LogP contribution in [0.15, 0.2) is 24.4 Å². The van der Waals surface area contributed by atoms with E-state index in [0.29, 0.717) is 23.3 Å². The highest BCUT2D eigenvalue weighted by Crippen LogP contribution is 2.27. The van der Waals surface area contributed by atoms with Gasteiger partial charge in [0, 0.05) is 29.1 Å². The molecule has 2 rings (SSSR count). The highest BCUT2D eigenvalue weighted by molar-refractivity contribution is 6.08. The van der Waals surface area contributed by atoms with Gasteiger partial charge >= 0.3 is 6.18 Å². The van der Waals surface area contributed by atoms with Gasteiger partial charge in [-0.25, -0.2) is 0 Å². The average molecular weight is 299 g/mol. The molecule has 1 aromatic carbocycles. The summed E-state index contributed by atoms with van der Waals surface area (Å²) in [5, 5.41) is 0.593. The summed E-state index contributed by atoms with van der Waals surface area (Å²) in [6.45, 7) is 2.52. The summed E-state index contributed by atoms with van der Waals surface area (Å²) in [5.41, 5.74) is 0.977. The Bertz CT molecular complexity index is 631. The Morgan fingerprint density at radius 3 is 2.76 bits per heavy atom. The number of aromatic nitrogens is 1. The smallest absolute Gasteiger partial charge is 0.389 e. The monoisotopic (exact) mass is 299 g/mol. The van der Waals surface area contributed by atoms with E-state index in [-0.39, 0.29) is 5.56 Å². The molecule has 2 aromatic rings. The minimum absolute atomic E-state index is 0.274. The first-order chi connectivity index (χ1) is 9.90. The van der Waals surface area contributed by atoms with Crippen molar-refractivity contribution in [3.05, 3.63) is 30.0 Å². The minimum atomic E-state index is -4.32. The first-order valence-electron chi connectivity index (χ1n) is 6.74. The fraction of sp³-hybridized carbons (Fsp3) is 0.400. The molecule has 1 aromatic heterocycles. The van der Waals surface area contributed by atoms with Crippen LogP contribution in [-0.2, 0) is 0 Å². The third-order valence-electron chi connectivity index (χ3n) is 3.06. The van der Waals surface area contributed by atoms with E-state index < -0.39 is 24.8 Å². The van der Waals surface area contributed by atoms with E-state index >= 15 is 0 Å². The van der Waals surface area contributed by atoms with Crippen molar-refractivity contribution in [3.8, 4) is 5.75 Å². The van der Waals surface area contributed by atoms with Crippen molar-refractivity contribution in [2.75, 3.05) is 6.61 Å². The lowest BCUT2D eigenvalue weighted by Gasteiger charge is -2.06. The standard InChI is InChI=1S/C15H16F3NO2/c1-2-7-21-10-3-4-13-11(8-10)12(9-19-13)14(20)5-6-15(16,17)18/h3-4,8-9,19H,2,5-7H2,1H3. The van der Waals surface area contributed by atoms with Crippen LogP contribution in [0.2, 0.25) is 0 Å². The van der Waals surface area contributed by atoms with Gasteiger partial charge in [-0.2, -0.15) is 13.2 Å². The predicted molar refractivity (Wildman–Crippen MR) is 73.7 cm³/mol. The van der Waals surface area contributed by atoms with Crippen LogP contribution in [0, 0.1) is 0 Å². The lowest BCUT2D eigenvalue weighted by atomic mass is 10.1. The summed E-state index contributed by atoms with van der Waals surface area (Å²) in [7, 11) is 0. The molecule has 0 amide bonds. The zero-order valence-electron chi connectivity index (χ0n) is 11.6. The lowest BCUT2D eigenvalue weighted by molar-refractivity contribution is -0.133. The fourth-order valence-electron chi connectivity index (χ4n) is 2.03. The molecule has 0 aliphatic rings. The molecular formula is C15H16F3NO2. The number of ether oxygens (including phenoxy) is 1. The highest BCUT2D eigenvalue weighted by Gasteiger charge is 2.28. The third kappa shape index (κ3) is 4.00. The average Bonchev–Trinajstić information content (AvgIpc) is 2.84. The molecule has 114 valence electrons. The van der Waals surface area contributed by atoms with Crippen LogP contribution in [0.1, 0.15) is 36.5 Å². The second-order valence-electron chi connectivity index (χ2n) is 4.80. The molecule has 0 fully saturated rings. The van der Waals surface area contributed by atoms with Crippen LogP contribution in [0.4, 0.5) is 13.2 Å². The van der Waals surface area contributed by atoms with Crippen molar-refractivity contribution in [1.82, 2.24) is 4.98 Å². The zero-order chi connectivity index (χ0) is 15.5. The van der Waals surface area contributed by atoms with Gasteiger partial charge in [0.05, 0.1) is 13.0 Å². The Hall–Kier alpha value is -1.98. The quantitative estimate of drug-likeness (QED) is 0.799. The Balaban J connectivity index is 2.21. The third-order valence-corrected chi connectivity index (χ3v) is 3.06. The van der Waals surface area contributed by atoms with E-state index in [9.17, 15) is 18.0 Å². The molecule has 0 aliphatic carbocycles. The number of rotatable bonds is 6. The maximum Gasteiger partial charge on any atom is 0.389 e. The van der Waals surface area contributed by atoms with Crippen LogP contribution in [0.3, 0.4) is 0 Å². The molecule has 0 saturated heterocycles. The summed E-state index contributed by atoms with van der Waals surface area (Å²) in [4.78, 5) is 14.8. The van der Waals surface area contributed by atoms with Gasteiger partial charge in [-0.3, -0.25) is 4.79 Å². The Morgan fingerprint density at radius 1 is 1.33 bits per heavy atom. The summed E-state index contributed by atoms with van der Waals surface area (Å²) in [6, 6.07) is 5.20. The molecule has 0 saturated carbocycles. The van der Waals surface area contributed by atoms with Gasteiger partial charge in [0.25, 0.3) is 0 Å². The van der Waals surface area contributed by atoms with Gasteiger partial charge in [0.1, 0.15) is 5.75 Å². The highest BCUT2D eigenvalue weighted by atomic mass is 19.4. The van der Waals surface area contributed by atoms with E-state index in [1.807, 2.05) is 6.92 Å². The van der Waals surface area contributed by atoms with Gasteiger partial charge in [-0.1, -0.05) is 6.92 Å². The summed E-state index contributed by atoms with van der Waals surface area (Å²) in [6.07, 6.45) is -3.67. The van der Waals surface area contributed by atoms with E-state index in [2.05, 4.69) is 4.98 Å².